The normalized spacial score (nSPS) is 13.5. The van der Waals surface area contributed by atoms with Crippen LogP contribution in [-0.2, 0) is 23.7 Å². The van der Waals surface area contributed by atoms with E-state index in [4.69, 9.17) is 29.4 Å². The number of rotatable bonds is 28. The average molecular weight is 526 g/mol. The Balaban J connectivity index is 4.03. The quantitative estimate of drug-likeness (QED) is 0.0768. The third-order valence-corrected chi connectivity index (χ3v) is 7.77. The molecular formula is C26H57NO5P2. The molecule has 0 fully saturated rings. The summed E-state index contributed by atoms with van der Waals surface area (Å²) in [6.45, 7) is 13.0. The molecule has 0 aromatic carbocycles. The smallest absolute Gasteiger partial charge is 0.157 e. The second kappa shape index (κ2) is 28.2. The molecule has 8 heteroatoms. The van der Waals surface area contributed by atoms with Gasteiger partial charge in [0.2, 0.25) is 0 Å². The van der Waals surface area contributed by atoms with E-state index in [2.05, 4.69) is 27.7 Å². The van der Waals surface area contributed by atoms with Crippen molar-refractivity contribution in [1.82, 2.24) is 0 Å². The molecule has 0 bridgehead atoms. The van der Waals surface area contributed by atoms with E-state index in [1.807, 2.05) is 0 Å². The average Bonchev–Trinajstić information content (AvgIpc) is 2.85. The molecule has 0 rings (SSSR count). The maximum atomic E-state index is 6.05. The molecule has 0 radical (unpaired) electrons. The lowest BCUT2D eigenvalue weighted by molar-refractivity contribution is -0.142. The number of nitrogens with two attached hydrogens (primary N) is 1. The standard InChI is InChI=1S/C26H57NO5P2/c1-5-15-29-25(30-16-6-2)12-22-33-20-9-10-24(28-19-14-27)11-21-34-23-13-26(31-17-7-3)32-18-8-4/h24-26,33-34H,5-23,27H2,1-4H3. The van der Waals surface area contributed by atoms with Gasteiger partial charge >= 0.3 is 0 Å². The molecule has 0 aliphatic carbocycles. The van der Waals surface area contributed by atoms with Crippen molar-refractivity contribution in [2.45, 2.75) is 104 Å². The molecule has 0 aromatic heterocycles. The van der Waals surface area contributed by atoms with Crippen molar-refractivity contribution >= 4 is 17.2 Å². The van der Waals surface area contributed by atoms with Gasteiger partial charge in [0.1, 0.15) is 0 Å². The molecule has 0 aliphatic rings. The zero-order chi connectivity index (χ0) is 25.1. The predicted octanol–water partition coefficient (Wildman–Crippen LogP) is 6.00. The topological polar surface area (TPSA) is 72.2 Å². The maximum absolute atomic E-state index is 6.05. The number of ether oxygens (including phenoxy) is 5. The third kappa shape index (κ3) is 23.0. The van der Waals surface area contributed by atoms with Gasteiger partial charge < -0.3 is 29.4 Å². The highest BCUT2D eigenvalue weighted by molar-refractivity contribution is 7.38. The van der Waals surface area contributed by atoms with Crippen LogP contribution in [0.15, 0.2) is 0 Å². The molecule has 3 atom stereocenters. The Hall–Kier alpha value is 0.620. The first-order valence-electron chi connectivity index (χ1n) is 13.9. The second-order valence-corrected chi connectivity index (χ2v) is 11.6. The highest BCUT2D eigenvalue weighted by Gasteiger charge is 2.12. The Labute approximate surface area is 215 Å². The Morgan fingerprint density at radius 1 is 0.529 bits per heavy atom. The van der Waals surface area contributed by atoms with E-state index in [1.165, 1.54) is 31.1 Å². The monoisotopic (exact) mass is 525 g/mol. The summed E-state index contributed by atoms with van der Waals surface area (Å²) in [7, 11) is 1.91. The first-order valence-corrected chi connectivity index (χ1v) is 16.7. The molecular weight excluding hydrogens is 468 g/mol. The highest BCUT2D eigenvalue weighted by Crippen LogP contribution is 2.22. The summed E-state index contributed by atoms with van der Waals surface area (Å²) in [6.07, 6.45) is 14.8. The van der Waals surface area contributed by atoms with Gasteiger partial charge in [-0.3, -0.25) is 0 Å². The zero-order valence-corrected chi connectivity index (χ0v) is 24.8. The lowest BCUT2D eigenvalue weighted by Crippen LogP contribution is -2.20. The molecule has 3 unspecified atom stereocenters. The Morgan fingerprint density at radius 2 is 0.971 bits per heavy atom. The van der Waals surface area contributed by atoms with Crippen molar-refractivity contribution in [1.29, 1.82) is 0 Å². The first kappa shape index (κ1) is 34.6. The van der Waals surface area contributed by atoms with Crippen molar-refractivity contribution in [2.75, 3.05) is 64.2 Å². The van der Waals surface area contributed by atoms with E-state index in [9.17, 15) is 0 Å². The van der Waals surface area contributed by atoms with Gasteiger partial charge in [0.25, 0.3) is 0 Å². The van der Waals surface area contributed by atoms with Gasteiger partial charge in [-0.2, -0.15) is 0 Å². The summed E-state index contributed by atoms with van der Waals surface area (Å²) in [5.41, 5.74) is 5.68. The van der Waals surface area contributed by atoms with Gasteiger partial charge in [-0.15, -0.1) is 17.2 Å². The van der Waals surface area contributed by atoms with Crippen LogP contribution in [0.4, 0.5) is 0 Å². The maximum Gasteiger partial charge on any atom is 0.157 e. The van der Waals surface area contributed by atoms with Crippen LogP contribution in [0, 0.1) is 0 Å². The minimum atomic E-state index is -0.0305. The zero-order valence-electron chi connectivity index (χ0n) is 22.8. The van der Waals surface area contributed by atoms with E-state index >= 15 is 0 Å². The molecule has 6 nitrogen and oxygen atoms in total. The van der Waals surface area contributed by atoms with Gasteiger partial charge in [-0.05, 0) is 69.6 Å². The van der Waals surface area contributed by atoms with Crippen LogP contribution >= 0.6 is 17.2 Å². The van der Waals surface area contributed by atoms with Crippen molar-refractivity contribution < 1.29 is 23.7 Å². The van der Waals surface area contributed by atoms with Crippen molar-refractivity contribution in [3.05, 3.63) is 0 Å². The minimum absolute atomic E-state index is 0.0200. The van der Waals surface area contributed by atoms with Gasteiger partial charge in [0.15, 0.2) is 12.6 Å². The molecule has 0 spiro atoms. The fourth-order valence-electron chi connectivity index (χ4n) is 3.38. The van der Waals surface area contributed by atoms with Crippen molar-refractivity contribution in [3.63, 3.8) is 0 Å². The van der Waals surface area contributed by atoms with Crippen LogP contribution in [0.5, 0.6) is 0 Å². The van der Waals surface area contributed by atoms with Crippen LogP contribution in [0.25, 0.3) is 0 Å². The minimum Gasteiger partial charge on any atom is -0.377 e. The van der Waals surface area contributed by atoms with Crippen LogP contribution in [0.3, 0.4) is 0 Å². The fourth-order valence-corrected chi connectivity index (χ4v) is 5.74. The van der Waals surface area contributed by atoms with E-state index in [0.29, 0.717) is 19.3 Å². The second-order valence-electron chi connectivity index (χ2n) is 8.63. The summed E-state index contributed by atoms with van der Waals surface area (Å²) in [6, 6.07) is 0. The predicted molar refractivity (Wildman–Crippen MR) is 151 cm³/mol. The van der Waals surface area contributed by atoms with Crippen LogP contribution < -0.4 is 5.73 Å². The summed E-state index contributed by atoms with van der Waals surface area (Å²) >= 11 is 0. The Morgan fingerprint density at radius 3 is 1.41 bits per heavy atom. The van der Waals surface area contributed by atoms with Crippen LogP contribution in [0.2, 0.25) is 0 Å². The molecule has 34 heavy (non-hydrogen) atoms. The molecule has 0 aliphatic heterocycles. The summed E-state index contributed by atoms with van der Waals surface area (Å²) < 4.78 is 29.4. The summed E-state index contributed by atoms with van der Waals surface area (Å²) in [5, 5.41) is 0. The largest absolute Gasteiger partial charge is 0.377 e. The molecule has 0 amide bonds. The molecule has 0 saturated heterocycles. The SMILES string of the molecule is CCCOC(CCPCCCC(CCPCCC(OCCC)OCCC)OCCN)OCCC. The van der Waals surface area contributed by atoms with Gasteiger partial charge in [-0.25, -0.2) is 0 Å². The van der Waals surface area contributed by atoms with E-state index in [-0.39, 0.29) is 12.6 Å². The van der Waals surface area contributed by atoms with E-state index in [0.717, 1.165) is 95.0 Å². The molecule has 0 aromatic rings. The first-order chi connectivity index (χ1) is 16.7. The van der Waals surface area contributed by atoms with Crippen LogP contribution in [0.1, 0.15) is 85.5 Å². The van der Waals surface area contributed by atoms with Crippen molar-refractivity contribution in [3.8, 4) is 0 Å². The van der Waals surface area contributed by atoms with Gasteiger partial charge in [0.05, 0.1) is 12.7 Å². The van der Waals surface area contributed by atoms with Crippen molar-refractivity contribution in [2.24, 2.45) is 5.73 Å². The van der Waals surface area contributed by atoms with Gasteiger partial charge in [-0.1, -0.05) is 27.7 Å². The molecule has 206 valence electrons. The molecule has 0 heterocycles. The Bertz CT molecular complexity index is 380. The third-order valence-electron chi connectivity index (χ3n) is 5.14. The lowest BCUT2D eigenvalue weighted by Gasteiger charge is -2.20. The fraction of sp³-hybridized carbons (Fsp3) is 1.00. The van der Waals surface area contributed by atoms with E-state index < -0.39 is 0 Å². The van der Waals surface area contributed by atoms with Gasteiger partial charge in [0, 0.05) is 45.8 Å². The van der Waals surface area contributed by atoms with E-state index in [1.54, 1.807) is 0 Å². The summed E-state index contributed by atoms with van der Waals surface area (Å²) in [4.78, 5) is 0. The van der Waals surface area contributed by atoms with Crippen LogP contribution in [-0.4, -0.2) is 82.9 Å². The summed E-state index contributed by atoms with van der Waals surface area (Å²) in [5.74, 6) is 0. The highest BCUT2D eigenvalue weighted by atomic mass is 31.1. The number of hydrogen-bond acceptors (Lipinski definition) is 6. The lowest BCUT2D eigenvalue weighted by atomic mass is 10.1. The Kier molecular flexibility index (Phi) is 28.7. The number of hydrogen-bond donors (Lipinski definition) is 1. The molecule has 0 saturated carbocycles. The molecule has 2 N–H and O–H groups in total.